The number of fused-ring (bicyclic) bond motifs is 1. The second kappa shape index (κ2) is 6.10. The zero-order valence-electron chi connectivity index (χ0n) is 11.3. The molecular formula is C14H18N2O2S. The fourth-order valence-electron chi connectivity index (χ4n) is 1.50. The average molecular weight is 278 g/mol. The van der Waals surface area contributed by atoms with Gasteiger partial charge in [0.1, 0.15) is 5.52 Å². The molecule has 1 atom stereocenters. The molecule has 1 heterocycles. The first-order chi connectivity index (χ1) is 9.06. The van der Waals surface area contributed by atoms with Gasteiger partial charge in [-0.15, -0.1) is 0 Å². The maximum atomic E-state index is 11.7. The first-order valence-electron chi connectivity index (χ1n) is 6.34. The van der Waals surface area contributed by atoms with Crippen LogP contribution in [0.5, 0.6) is 0 Å². The number of para-hydroxylation sites is 2. The van der Waals surface area contributed by atoms with E-state index in [1.807, 2.05) is 31.2 Å². The van der Waals surface area contributed by atoms with Crippen molar-refractivity contribution in [3.05, 3.63) is 24.3 Å². The quantitative estimate of drug-likeness (QED) is 0.854. The van der Waals surface area contributed by atoms with Gasteiger partial charge in [0.2, 0.25) is 5.91 Å². The monoisotopic (exact) mass is 278 g/mol. The van der Waals surface area contributed by atoms with Gasteiger partial charge in [-0.3, -0.25) is 4.79 Å². The molecule has 5 heteroatoms. The molecule has 1 amide bonds. The van der Waals surface area contributed by atoms with Crippen molar-refractivity contribution in [3.63, 3.8) is 0 Å². The van der Waals surface area contributed by atoms with Crippen LogP contribution in [-0.2, 0) is 4.79 Å². The Morgan fingerprint density at radius 1 is 1.37 bits per heavy atom. The minimum atomic E-state index is 0.00783. The number of carbonyl (C=O) groups is 1. The molecule has 0 aliphatic heterocycles. The molecule has 1 N–H and O–H groups in total. The van der Waals surface area contributed by atoms with E-state index >= 15 is 0 Å². The lowest BCUT2D eigenvalue weighted by atomic mass is 10.1. The van der Waals surface area contributed by atoms with E-state index in [9.17, 15) is 4.79 Å². The Morgan fingerprint density at radius 2 is 2.11 bits per heavy atom. The number of aromatic nitrogens is 1. The molecular weight excluding hydrogens is 260 g/mol. The van der Waals surface area contributed by atoms with Crippen LogP contribution in [0.2, 0.25) is 0 Å². The van der Waals surface area contributed by atoms with Gasteiger partial charge in [0.05, 0.1) is 5.75 Å². The summed E-state index contributed by atoms with van der Waals surface area (Å²) in [5.41, 5.74) is 1.57. The van der Waals surface area contributed by atoms with Gasteiger partial charge in [-0.1, -0.05) is 37.7 Å². The molecule has 0 bridgehead atoms. The van der Waals surface area contributed by atoms with Crippen LogP contribution in [-0.4, -0.2) is 22.7 Å². The fourth-order valence-corrected chi connectivity index (χ4v) is 2.15. The van der Waals surface area contributed by atoms with Gasteiger partial charge >= 0.3 is 0 Å². The van der Waals surface area contributed by atoms with E-state index in [1.54, 1.807) is 0 Å². The number of rotatable bonds is 5. The van der Waals surface area contributed by atoms with E-state index < -0.39 is 0 Å². The molecule has 2 aromatic rings. The molecule has 102 valence electrons. The van der Waals surface area contributed by atoms with Gasteiger partial charge in [-0.05, 0) is 25.0 Å². The second-order valence-electron chi connectivity index (χ2n) is 4.84. The lowest BCUT2D eigenvalue weighted by Crippen LogP contribution is -2.37. The molecule has 1 aromatic heterocycles. The van der Waals surface area contributed by atoms with E-state index in [1.165, 1.54) is 11.8 Å². The molecule has 0 aliphatic carbocycles. The standard InChI is InChI=1S/C14H18N2O2S/c1-9(2)10(3)15-13(17)8-19-14-16-11-6-4-5-7-12(11)18-14/h4-7,9-10H,8H2,1-3H3,(H,15,17). The number of hydrogen-bond donors (Lipinski definition) is 1. The average Bonchev–Trinajstić information content (AvgIpc) is 2.78. The molecule has 4 nitrogen and oxygen atoms in total. The predicted molar refractivity (Wildman–Crippen MR) is 77.2 cm³/mol. The number of thioether (sulfide) groups is 1. The summed E-state index contributed by atoms with van der Waals surface area (Å²) in [7, 11) is 0. The number of hydrogen-bond acceptors (Lipinski definition) is 4. The second-order valence-corrected chi connectivity index (χ2v) is 5.76. The predicted octanol–water partition coefficient (Wildman–Crippen LogP) is 3.08. The van der Waals surface area contributed by atoms with Crippen LogP contribution in [0.3, 0.4) is 0 Å². The summed E-state index contributed by atoms with van der Waals surface area (Å²) >= 11 is 1.32. The van der Waals surface area contributed by atoms with E-state index in [-0.39, 0.29) is 11.9 Å². The van der Waals surface area contributed by atoms with Gasteiger partial charge in [-0.2, -0.15) is 0 Å². The number of benzene rings is 1. The van der Waals surface area contributed by atoms with Crippen LogP contribution in [0.1, 0.15) is 20.8 Å². The Labute approximate surface area is 117 Å². The third-order valence-electron chi connectivity index (χ3n) is 2.99. The Morgan fingerprint density at radius 3 is 2.79 bits per heavy atom. The molecule has 0 saturated heterocycles. The first kappa shape index (κ1) is 13.9. The maximum absolute atomic E-state index is 11.7. The Bertz CT molecular complexity index is 532. The molecule has 0 spiro atoms. The third kappa shape index (κ3) is 3.73. The zero-order chi connectivity index (χ0) is 13.8. The molecule has 19 heavy (non-hydrogen) atoms. The Balaban J connectivity index is 1.90. The van der Waals surface area contributed by atoms with Crippen molar-refractivity contribution in [1.82, 2.24) is 10.3 Å². The molecule has 2 rings (SSSR count). The zero-order valence-corrected chi connectivity index (χ0v) is 12.2. The molecule has 1 unspecified atom stereocenters. The van der Waals surface area contributed by atoms with Crippen LogP contribution in [0.25, 0.3) is 11.1 Å². The van der Waals surface area contributed by atoms with E-state index in [2.05, 4.69) is 24.1 Å². The van der Waals surface area contributed by atoms with Gasteiger partial charge < -0.3 is 9.73 Å². The summed E-state index contributed by atoms with van der Waals surface area (Å²) in [5.74, 6) is 0.760. The molecule has 0 radical (unpaired) electrons. The van der Waals surface area contributed by atoms with E-state index in [0.717, 1.165) is 11.1 Å². The van der Waals surface area contributed by atoms with Crippen LogP contribution in [0.15, 0.2) is 33.9 Å². The van der Waals surface area contributed by atoms with E-state index in [4.69, 9.17) is 4.42 Å². The Kier molecular flexibility index (Phi) is 4.47. The minimum Gasteiger partial charge on any atom is -0.431 e. The van der Waals surface area contributed by atoms with Crippen LogP contribution in [0, 0.1) is 5.92 Å². The summed E-state index contributed by atoms with van der Waals surface area (Å²) in [6.45, 7) is 6.17. The SMILES string of the molecule is CC(C)C(C)NC(=O)CSc1nc2ccccc2o1. The summed E-state index contributed by atoms with van der Waals surface area (Å²) in [4.78, 5) is 16.1. The molecule has 0 saturated carbocycles. The number of nitrogens with one attached hydrogen (secondary N) is 1. The van der Waals surface area contributed by atoms with Crippen molar-refractivity contribution in [2.45, 2.75) is 32.0 Å². The highest BCUT2D eigenvalue weighted by molar-refractivity contribution is 7.99. The smallest absolute Gasteiger partial charge is 0.257 e. The number of nitrogens with zero attached hydrogens (tertiary/aromatic N) is 1. The normalized spacial score (nSPS) is 12.8. The maximum Gasteiger partial charge on any atom is 0.257 e. The topological polar surface area (TPSA) is 55.1 Å². The fraction of sp³-hybridized carbons (Fsp3) is 0.429. The van der Waals surface area contributed by atoms with Crippen molar-refractivity contribution in [2.75, 3.05) is 5.75 Å². The molecule has 0 fully saturated rings. The van der Waals surface area contributed by atoms with Gasteiger partial charge in [-0.25, -0.2) is 4.98 Å². The van der Waals surface area contributed by atoms with Gasteiger partial charge in [0, 0.05) is 6.04 Å². The highest BCUT2D eigenvalue weighted by Gasteiger charge is 2.12. The number of carbonyl (C=O) groups excluding carboxylic acids is 1. The molecule has 1 aromatic carbocycles. The van der Waals surface area contributed by atoms with Gasteiger partial charge in [0.25, 0.3) is 5.22 Å². The van der Waals surface area contributed by atoms with Crippen LogP contribution in [0.4, 0.5) is 0 Å². The highest BCUT2D eigenvalue weighted by atomic mass is 32.2. The summed E-state index contributed by atoms with van der Waals surface area (Å²) < 4.78 is 5.54. The Hall–Kier alpha value is -1.49. The summed E-state index contributed by atoms with van der Waals surface area (Å²) in [5, 5.41) is 3.49. The minimum absolute atomic E-state index is 0.00783. The number of oxazole rings is 1. The first-order valence-corrected chi connectivity index (χ1v) is 7.32. The highest BCUT2D eigenvalue weighted by Crippen LogP contribution is 2.22. The molecule has 0 aliphatic rings. The third-order valence-corrected chi connectivity index (χ3v) is 3.82. The number of amides is 1. The van der Waals surface area contributed by atoms with Crippen molar-refractivity contribution in [2.24, 2.45) is 5.92 Å². The van der Waals surface area contributed by atoms with Crippen molar-refractivity contribution < 1.29 is 9.21 Å². The lowest BCUT2D eigenvalue weighted by molar-refractivity contribution is -0.119. The lowest BCUT2D eigenvalue weighted by Gasteiger charge is -2.16. The largest absolute Gasteiger partial charge is 0.431 e. The van der Waals surface area contributed by atoms with Crippen LogP contribution >= 0.6 is 11.8 Å². The van der Waals surface area contributed by atoms with E-state index in [0.29, 0.717) is 16.9 Å². The van der Waals surface area contributed by atoms with Crippen molar-refractivity contribution >= 4 is 28.8 Å². The van der Waals surface area contributed by atoms with Gasteiger partial charge in [0.15, 0.2) is 5.58 Å². The summed E-state index contributed by atoms with van der Waals surface area (Å²) in [6.07, 6.45) is 0. The van der Waals surface area contributed by atoms with Crippen molar-refractivity contribution in [1.29, 1.82) is 0 Å². The summed E-state index contributed by atoms with van der Waals surface area (Å²) in [6, 6.07) is 7.75. The van der Waals surface area contributed by atoms with Crippen molar-refractivity contribution in [3.8, 4) is 0 Å². The van der Waals surface area contributed by atoms with Crippen LogP contribution < -0.4 is 5.32 Å².